The molecule has 9 heteroatoms. The molecule has 8 nitrogen and oxygen atoms in total. The summed E-state index contributed by atoms with van der Waals surface area (Å²) in [7, 11) is 1.49. The zero-order valence-corrected chi connectivity index (χ0v) is 17.7. The van der Waals surface area contributed by atoms with Crippen LogP contribution in [0.1, 0.15) is 11.1 Å². The van der Waals surface area contributed by atoms with Crippen molar-refractivity contribution in [1.29, 1.82) is 0 Å². The number of ether oxygens (including phenoxy) is 3. The number of anilines is 1. The van der Waals surface area contributed by atoms with Crippen molar-refractivity contribution in [2.24, 2.45) is 0 Å². The first kappa shape index (κ1) is 23.0. The number of rotatable bonds is 9. The number of benzene rings is 2. The molecule has 2 N–H and O–H groups in total. The maximum Gasteiger partial charge on any atom is 0.344 e. The van der Waals surface area contributed by atoms with E-state index in [0.717, 1.165) is 11.1 Å². The van der Waals surface area contributed by atoms with E-state index in [1.54, 1.807) is 24.3 Å². The third kappa shape index (κ3) is 7.29. The zero-order chi connectivity index (χ0) is 22.1. The Bertz CT molecular complexity index is 932. The van der Waals surface area contributed by atoms with Crippen LogP contribution in [-0.4, -0.2) is 44.7 Å². The summed E-state index contributed by atoms with van der Waals surface area (Å²) < 4.78 is 15.3. The van der Waals surface area contributed by atoms with Crippen LogP contribution in [0, 0.1) is 13.8 Å². The molecule has 0 aliphatic carbocycles. The van der Waals surface area contributed by atoms with Gasteiger partial charge in [-0.25, -0.2) is 4.79 Å². The van der Waals surface area contributed by atoms with Crippen LogP contribution in [0.3, 0.4) is 0 Å². The lowest BCUT2D eigenvalue weighted by Crippen LogP contribution is -2.36. The predicted molar refractivity (Wildman–Crippen MR) is 112 cm³/mol. The van der Waals surface area contributed by atoms with E-state index in [2.05, 4.69) is 10.6 Å². The molecule has 2 rings (SSSR count). The molecule has 2 aromatic rings. The Labute approximate surface area is 179 Å². The molecule has 30 heavy (non-hydrogen) atoms. The van der Waals surface area contributed by atoms with Gasteiger partial charge in [-0.3, -0.25) is 9.59 Å². The van der Waals surface area contributed by atoms with Crippen molar-refractivity contribution >= 4 is 35.1 Å². The van der Waals surface area contributed by atoms with Crippen molar-refractivity contribution in [1.82, 2.24) is 5.32 Å². The lowest BCUT2D eigenvalue weighted by Gasteiger charge is -2.12. The van der Waals surface area contributed by atoms with E-state index in [-0.39, 0.29) is 6.54 Å². The van der Waals surface area contributed by atoms with Crippen LogP contribution in [0.5, 0.6) is 11.5 Å². The fourth-order valence-corrected chi connectivity index (χ4v) is 2.56. The largest absolute Gasteiger partial charge is 0.495 e. The molecule has 0 heterocycles. The number of amides is 2. The SMILES string of the molecule is COc1ccc(C)cc1NC(=O)CNC(=O)COC(=O)COc1cc(C)ccc1Cl. The van der Waals surface area contributed by atoms with Gasteiger partial charge < -0.3 is 24.8 Å². The summed E-state index contributed by atoms with van der Waals surface area (Å²) in [6.07, 6.45) is 0. The van der Waals surface area contributed by atoms with Gasteiger partial charge in [0, 0.05) is 0 Å². The first-order valence-electron chi connectivity index (χ1n) is 9.04. The van der Waals surface area contributed by atoms with Crippen molar-refractivity contribution in [3.63, 3.8) is 0 Å². The minimum Gasteiger partial charge on any atom is -0.495 e. The van der Waals surface area contributed by atoms with Gasteiger partial charge in [0.2, 0.25) is 5.91 Å². The van der Waals surface area contributed by atoms with Crippen LogP contribution in [0.25, 0.3) is 0 Å². The van der Waals surface area contributed by atoms with Gasteiger partial charge in [-0.05, 0) is 49.2 Å². The molecule has 0 aromatic heterocycles. The minimum absolute atomic E-state index is 0.289. The Hall–Kier alpha value is -3.26. The molecule has 0 fully saturated rings. The second-order valence-electron chi connectivity index (χ2n) is 6.41. The number of nitrogens with one attached hydrogen (secondary N) is 2. The quantitative estimate of drug-likeness (QED) is 0.588. The molecule has 0 saturated heterocycles. The van der Waals surface area contributed by atoms with Crippen LogP contribution in [0.4, 0.5) is 5.69 Å². The van der Waals surface area contributed by atoms with E-state index >= 15 is 0 Å². The predicted octanol–water partition coefficient (Wildman–Crippen LogP) is 2.64. The fraction of sp³-hybridized carbons (Fsp3) is 0.286. The average molecular weight is 435 g/mol. The Morgan fingerprint density at radius 1 is 0.933 bits per heavy atom. The highest BCUT2D eigenvalue weighted by Gasteiger charge is 2.12. The van der Waals surface area contributed by atoms with Crippen LogP contribution < -0.4 is 20.1 Å². The number of halogens is 1. The molecular formula is C21H23ClN2O6. The highest BCUT2D eigenvalue weighted by Crippen LogP contribution is 2.25. The summed E-state index contributed by atoms with van der Waals surface area (Å²) in [4.78, 5) is 35.6. The van der Waals surface area contributed by atoms with Crippen molar-refractivity contribution < 1.29 is 28.6 Å². The Kier molecular flexibility index (Phi) is 8.49. The Morgan fingerprint density at radius 2 is 1.63 bits per heavy atom. The summed E-state index contributed by atoms with van der Waals surface area (Å²) in [5.41, 5.74) is 2.36. The number of carbonyl (C=O) groups is 3. The molecule has 0 saturated carbocycles. The first-order chi connectivity index (χ1) is 14.3. The van der Waals surface area contributed by atoms with Gasteiger partial charge in [-0.1, -0.05) is 23.7 Å². The van der Waals surface area contributed by atoms with E-state index in [0.29, 0.717) is 22.2 Å². The molecule has 2 amide bonds. The van der Waals surface area contributed by atoms with E-state index in [4.69, 9.17) is 25.8 Å². The number of aryl methyl sites for hydroxylation is 2. The molecule has 0 atom stereocenters. The van der Waals surface area contributed by atoms with Crippen LogP contribution >= 0.6 is 11.6 Å². The molecule has 0 aliphatic heterocycles. The van der Waals surface area contributed by atoms with Gasteiger partial charge in [-0.15, -0.1) is 0 Å². The smallest absolute Gasteiger partial charge is 0.344 e. The van der Waals surface area contributed by atoms with E-state index in [9.17, 15) is 14.4 Å². The highest BCUT2D eigenvalue weighted by molar-refractivity contribution is 6.32. The molecule has 160 valence electrons. The number of hydrogen-bond donors (Lipinski definition) is 2. The average Bonchev–Trinajstić information content (AvgIpc) is 2.71. The summed E-state index contributed by atoms with van der Waals surface area (Å²) >= 11 is 5.98. The number of carbonyl (C=O) groups excluding carboxylic acids is 3. The second-order valence-corrected chi connectivity index (χ2v) is 6.82. The van der Waals surface area contributed by atoms with Gasteiger partial charge in [0.25, 0.3) is 5.91 Å². The van der Waals surface area contributed by atoms with E-state index < -0.39 is 31.0 Å². The Morgan fingerprint density at radius 3 is 2.37 bits per heavy atom. The highest BCUT2D eigenvalue weighted by atomic mass is 35.5. The van der Waals surface area contributed by atoms with Gasteiger partial charge >= 0.3 is 5.97 Å². The molecule has 0 radical (unpaired) electrons. The molecule has 0 unspecified atom stereocenters. The van der Waals surface area contributed by atoms with Gasteiger partial charge in [-0.2, -0.15) is 0 Å². The normalized spacial score (nSPS) is 10.1. The number of methoxy groups -OCH3 is 1. The lowest BCUT2D eigenvalue weighted by molar-refractivity contribution is -0.150. The number of hydrogen-bond acceptors (Lipinski definition) is 6. The molecule has 0 spiro atoms. The topological polar surface area (TPSA) is 103 Å². The third-order valence-corrected chi connectivity index (χ3v) is 4.18. The van der Waals surface area contributed by atoms with Crippen molar-refractivity contribution in [3.05, 3.63) is 52.5 Å². The summed E-state index contributed by atoms with van der Waals surface area (Å²) in [5.74, 6) is -0.958. The second kappa shape index (κ2) is 11.1. The fourth-order valence-electron chi connectivity index (χ4n) is 2.39. The van der Waals surface area contributed by atoms with Crippen molar-refractivity contribution in [3.8, 4) is 11.5 Å². The molecular weight excluding hydrogens is 412 g/mol. The van der Waals surface area contributed by atoms with Gasteiger partial charge in [0.15, 0.2) is 13.2 Å². The first-order valence-corrected chi connectivity index (χ1v) is 9.42. The maximum atomic E-state index is 12.0. The molecule has 2 aromatic carbocycles. The third-order valence-electron chi connectivity index (χ3n) is 3.87. The molecule has 0 bridgehead atoms. The maximum absolute atomic E-state index is 12.0. The van der Waals surface area contributed by atoms with Crippen molar-refractivity contribution in [2.75, 3.05) is 32.2 Å². The minimum atomic E-state index is -0.739. The standard InChI is InChI=1S/C21H23ClN2O6/c1-13-5-7-17(28-3)16(8-13)24-19(25)10-23-20(26)11-30-21(27)12-29-18-9-14(2)4-6-15(18)22/h4-9H,10-12H2,1-3H3,(H,23,26)(H,24,25). The van der Waals surface area contributed by atoms with Crippen LogP contribution in [0.15, 0.2) is 36.4 Å². The molecule has 0 aliphatic rings. The Balaban J connectivity index is 1.71. The van der Waals surface area contributed by atoms with E-state index in [1.807, 2.05) is 26.0 Å². The van der Waals surface area contributed by atoms with Gasteiger partial charge in [0.1, 0.15) is 11.5 Å². The zero-order valence-electron chi connectivity index (χ0n) is 16.9. The monoisotopic (exact) mass is 434 g/mol. The van der Waals surface area contributed by atoms with Crippen LogP contribution in [-0.2, 0) is 19.1 Å². The van der Waals surface area contributed by atoms with E-state index in [1.165, 1.54) is 7.11 Å². The number of esters is 1. The summed E-state index contributed by atoms with van der Waals surface area (Å²) in [6, 6.07) is 10.5. The van der Waals surface area contributed by atoms with Gasteiger partial charge in [0.05, 0.1) is 24.4 Å². The summed E-state index contributed by atoms with van der Waals surface area (Å²) in [6.45, 7) is 2.51. The summed E-state index contributed by atoms with van der Waals surface area (Å²) in [5, 5.41) is 5.38. The lowest BCUT2D eigenvalue weighted by atomic mass is 10.2. The van der Waals surface area contributed by atoms with Crippen molar-refractivity contribution in [2.45, 2.75) is 13.8 Å². The van der Waals surface area contributed by atoms with Crippen LogP contribution in [0.2, 0.25) is 5.02 Å².